The maximum Gasteiger partial charge on any atom is 0.433 e. The Balaban J connectivity index is 1.44. The Morgan fingerprint density at radius 1 is 1.32 bits per heavy atom. The number of carbonyl (C=O) groups is 1. The van der Waals surface area contributed by atoms with E-state index in [-0.39, 0.29) is 5.91 Å². The van der Waals surface area contributed by atoms with Crippen molar-refractivity contribution in [1.82, 2.24) is 20.2 Å². The first kappa shape index (κ1) is 22.1. The summed E-state index contributed by atoms with van der Waals surface area (Å²) in [6.45, 7) is 4.75. The van der Waals surface area contributed by atoms with Crippen LogP contribution in [0.5, 0.6) is 0 Å². The summed E-state index contributed by atoms with van der Waals surface area (Å²) in [6.07, 6.45) is 5.10. The lowest BCUT2D eigenvalue weighted by Crippen LogP contribution is -2.49. The second-order valence-corrected chi connectivity index (χ2v) is 9.05. The molecule has 1 atom stereocenters. The molecule has 0 spiro atoms. The molecule has 178 valence electrons. The number of nitrogens with zero attached hydrogens (tertiary/aromatic N) is 5. The van der Waals surface area contributed by atoms with E-state index in [0.717, 1.165) is 47.4 Å². The van der Waals surface area contributed by atoms with Gasteiger partial charge in [0.1, 0.15) is 5.69 Å². The molecule has 1 unspecified atom stereocenters. The number of H-pyrrole nitrogens is 1. The third-order valence-electron chi connectivity index (χ3n) is 6.40. The summed E-state index contributed by atoms with van der Waals surface area (Å²) in [4.78, 5) is 23.2. The predicted octanol–water partition coefficient (Wildman–Crippen LogP) is 2.83. The minimum atomic E-state index is -0.610. The molecule has 0 bridgehead atoms. The zero-order valence-corrected chi connectivity index (χ0v) is 19.2. The third-order valence-corrected chi connectivity index (χ3v) is 6.40. The van der Waals surface area contributed by atoms with Gasteiger partial charge in [0.15, 0.2) is 11.9 Å². The van der Waals surface area contributed by atoms with Crippen LogP contribution in [-0.4, -0.2) is 43.9 Å². The average Bonchev–Trinajstić information content (AvgIpc) is 3.57. The zero-order chi connectivity index (χ0) is 23.8. The maximum atomic E-state index is 13.1. The summed E-state index contributed by atoms with van der Waals surface area (Å²) in [6, 6.07) is 4.09. The molecule has 4 heterocycles. The van der Waals surface area contributed by atoms with E-state index in [1.54, 1.807) is 0 Å². The van der Waals surface area contributed by atoms with Gasteiger partial charge in [0, 0.05) is 18.2 Å². The van der Waals surface area contributed by atoms with E-state index in [4.69, 9.17) is 4.98 Å². The molecule has 34 heavy (non-hydrogen) atoms. The molecular formula is C23H28FN8O2+. The fraction of sp³-hybridized carbons (Fsp3) is 0.435. The topological polar surface area (TPSA) is 123 Å². The molecule has 5 rings (SSSR count). The van der Waals surface area contributed by atoms with Crippen LogP contribution in [0.4, 0.5) is 27.7 Å². The van der Waals surface area contributed by atoms with Crippen molar-refractivity contribution in [2.75, 3.05) is 22.1 Å². The molecule has 11 heteroatoms. The zero-order valence-electron chi connectivity index (χ0n) is 19.2. The number of rotatable bonds is 6. The molecule has 2 aliphatic rings. The van der Waals surface area contributed by atoms with Crippen molar-refractivity contribution in [3.05, 3.63) is 47.3 Å². The van der Waals surface area contributed by atoms with Crippen molar-refractivity contribution in [2.24, 2.45) is 0 Å². The number of aromatic nitrogens is 5. The summed E-state index contributed by atoms with van der Waals surface area (Å²) in [5.41, 5.74) is 3.18. The number of pyridine rings is 1. The van der Waals surface area contributed by atoms with E-state index in [0.29, 0.717) is 42.2 Å². The van der Waals surface area contributed by atoms with E-state index < -0.39 is 12.0 Å². The minimum Gasteiger partial charge on any atom is -0.371 e. The average molecular weight is 468 g/mol. The first-order chi connectivity index (χ1) is 16.4. The molecule has 4 N–H and O–H groups in total. The van der Waals surface area contributed by atoms with Gasteiger partial charge in [-0.15, -0.1) is 0 Å². The second kappa shape index (κ2) is 8.88. The fourth-order valence-electron chi connectivity index (χ4n) is 4.61. The SMILES string of the molecule is CC(C)c1cc(Nc2nc(N3CCCC3C(=O)Nc3ccc(F)nc3)[n+](O)c3c2CCC3)n[nH]1. The van der Waals surface area contributed by atoms with Crippen molar-refractivity contribution in [2.45, 2.75) is 57.9 Å². The fourth-order valence-corrected chi connectivity index (χ4v) is 4.61. The lowest BCUT2D eigenvalue weighted by atomic mass is 10.1. The van der Waals surface area contributed by atoms with Crippen LogP contribution >= 0.6 is 0 Å². The van der Waals surface area contributed by atoms with Gasteiger partial charge < -0.3 is 15.8 Å². The van der Waals surface area contributed by atoms with Crippen LogP contribution in [0.1, 0.15) is 56.0 Å². The molecular weight excluding hydrogens is 439 g/mol. The number of halogens is 1. The van der Waals surface area contributed by atoms with E-state index in [1.807, 2.05) is 11.0 Å². The van der Waals surface area contributed by atoms with Crippen LogP contribution < -0.4 is 20.3 Å². The van der Waals surface area contributed by atoms with E-state index in [2.05, 4.69) is 39.7 Å². The van der Waals surface area contributed by atoms with Gasteiger partial charge in [-0.3, -0.25) is 9.89 Å². The Hall–Kier alpha value is -3.76. The van der Waals surface area contributed by atoms with Gasteiger partial charge >= 0.3 is 5.95 Å². The molecule has 1 amide bonds. The first-order valence-electron chi connectivity index (χ1n) is 11.6. The first-order valence-corrected chi connectivity index (χ1v) is 11.6. The van der Waals surface area contributed by atoms with Crippen LogP contribution in [0.15, 0.2) is 24.4 Å². The van der Waals surface area contributed by atoms with Gasteiger partial charge in [-0.2, -0.15) is 9.49 Å². The summed E-state index contributed by atoms with van der Waals surface area (Å²) in [7, 11) is 0. The summed E-state index contributed by atoms with van der Waals surface area (Å²) in [5, 5.41) is 24.5. The van der Waals surface area contributed by atoms with Gasteiger partial charge in [-0.25, -0.2) is 9.88 Å². The van der Waals surface area contributed by atoms with E-state index in [1.165, 1.54) is 18.3 Å². The monoisotopic (exact) mass is 467 g/mol. The van der Waals surface area contributed by atoms with Gasteiger partial charge in [-0.05, 0) is 48.7 Å². The van der Waals surface area contributed by atoms with Crippen LogP contribution in [0.25, 0.3) is 0 Å². The molecule has 1 fully saturated rings. The number of hydrogen-bond donors (Lipinski definition) is 4. The number of anilines is 4. The van der Waals surface area contributed by atoms with Crippen molar-refractivity contribution in [1.29, 1.82) is 0 Å². The van der Waals surface area contributed by atoms with Crippen LogP contribution in [-0.2, 0) is 17.6 Å². The van der Waals surface area contributed by atoms with Crippen LogP contribution in [0.2, 0.25) is 0 Å². The molecule has 1 aliphatic heterocycles. The highest BCUT2D eigenvalue weighted by molar-refractivity contribution is 5.96. The molecule has 1 saturated heterocycles. The number of hydrogen-bond acceptors (Lipinski definition) is 7. The highest BCUT2D eigenvalue weighted by atomic mass is 19.1. The Labute approximate surface area is 196 Å². The molecule has 3 aromatic heterocycles. The number of nitrogens with one attached hydrogen (secondary N) is 3. The van der Waals surface area contributed by atoms with Gasteiger partial charge in [0.05, 0.1) is 24.0 Å². The quantitative estimate of drug-likeness (QED) is 0.250. The van der Waals surface area contributed by atoms with Gasteiger partial charge in [0.25, 0.3) is 5.91 Å². The summed E-state index contributed by atoms with van der Waals surface area (Å²) >= 11 is 0. The highest BCUT2D eigenvalue weighted by Gasteiger charge is 2.42. The molecule has 0 saturated carbocycles. The van der Waals surface area contributed by atoms with Crippen molar-refractivity contribution < 1.29 is 19.1 Å². The highest BCUT2D eigenvalue weighted by Crippen LogP contribution is 2.31. The molecule has 3 aromatic rings. The lowest BCUT2D eigenvalue weighted by molar-refractivity contribution is -0.900. The Bertz CT molecular complexity index is 1210. The molecule has 0 aromatic carbocycles. The third kappa shape index (κ3) is 4.13. The largest absolute Gasteiger partial charge is 0.433 e. The Kier molecular flexibility index (Phi) is 5.76. The number of fused-ring (bicyclic) bond motifs is 1. The normalized spacial score (nSPS) is 17.3. The predicted molar refractivity (Wildman–Crippen MR) is 123 cm³/mol. The summed E-state index contributed by atoms with van der Waals surface area (Å²) in [5.74, 6) is 1.07. The van der Waals surface area contributed by atoms with Crippen molar-refractivity contribution >= 4 is 29.2 Å². The maximum absolute atomic E-state index is 13.1. The molecule has 1 aliphatic carbocycles. The van der Waals surface area contributed by atoms with Crippen LogP contribution in [0, 0.1) is 5.95 Å². The number of amides is 1. The van der Waals surface area contributed by atoms with Gasteiger partial charge in [0.2, 0.25) is 11.8 Å². The number of aromatic amines is 1. The Morgan fingerprint density at radius 2 is 2.18 bits per heavy atom. The molecule has 10 nitrogen and oxygen atoms in total. The van der Waals surface area contributed by atoms with Gasteiger partial charge in [-0.1, -0.05) is 18.6 Å². The summed E-state index contributed by atoms with van der Waals surface area (Å²) < 4.78 is 14.2. The number of carbonyl (C=O) groups excluding carboxylic acids is 1. The smallest absolute Gasteiger partial charge is 0.371 e. The van der Waals surface area contributed by atoms with E-state index in [9.17, 15) is 14.4 Å². The minimum absolute atomic E-state index is 0.253. The lowest BCUT2D eigenvalue weighted by Gasteiger charge is -2.20. The second-order valence-electron chi connectivity index (χ2n) is 9.05. The molecule has 0 radical (unpaired) electrons. The van der Waals surface area contributed by atoms with E-state index >= 15 is 0 Å². The van der Waals surface area contributed by atoms with Crippen molar-refractivity contribution in [3.8, 4) is 0 Å². The van der Waals surface area contributed by atoms with Crippen LogP contribution in [0.3, 0.4) is 0 Å². The standard InChI is InChI=1S/C23H27FN8O2/c1-13(2)16-11-20(30-29-16)27-21-15-5-3-6-17(15)32(34)23(28-21)31-10-4-7-18(31)22(33)26-14-8-9-19(24)25-12-14/h8-9,11-13,18,34H,3-7,10H2,1-2H3,(H2,26,29,30,33)/p+1. The van der Waals surface area contributed by atoms with Crippen molar-refractivity contribution in [3.63, 3.8) is 0 Å². The Morgan fingerprint density at radius 3 is 2.91 bits per heavy atom.